The predicted octanol–water partition coefficient (Wildman–Crippen LogP) is 4.06. The molecule has 0 N–H and O–H groups in total. The summed E-state index contributed by atoms with van der Waals surface area (Å²) in [6.45, 7) is 2.14. The van der Waals surface area contributed by atoms with Crippen LogP contribution in [0.4, 0.5) is 0 Å². The summed E-state index contributed by atoms with van der Waals surface area (Å²) in [5, 5.41) is 0. The van der Waals surface area contributed by atoms with E-state index in [1.807, 2.05) is 12.1 Å². The Morgan fingerprint density at radius 2 is 1.80 bits per heavy atom. The molecule has 0 fully saturated rings. The van der Waals surface area contributed by atoms with Crippen LogP contribution >= 0.6 is 0 Å². The molecule has 80 valence electrons. The molecule has 0 aliphatic heterocycles. The van der Waals surface area contributed by atoms with Gasteiger partial charge in [-0.2, -0.15) is 0 Å². The first kappa shape index (κ1) is 11.6. The van der Waals surface area contributed by atoms with Gasteiger partial charge >= 0.3 is 0 Å². The zero-order valence-corrected chi connectivity index (χ0v) is 9.44. The van der Waals surface area contributed by atoms with E-state index in [0.29, 0.717) is 0 Å². The maximum Gasteiger partial charge on any atom is 0.118 e. The highest BCUT2D eigenvalue weighted by Gasteiger charge is 1.88. The van der Waals surface area contributed by atoms with Gasteiger partial charge in [0.05, 0.1) is 7.11 Å². The summed E-state index contributed by atoms with van der Waals surface area (Å²) < 4.78 is 5.09. The molecule has 0 bridgehead atoms. The summed E-state index contributed by atoms with van der Waals surface area (Å²) in [7, 11) is 1.68. The minimum atomic E-state index is 0.901. The van der Waals surface area contributed by atoms with Gasteiger partial charge in [-0.25, -0.2) is 0 Å². The molecule has 15 heavy (non-hydrogen) atoms. The Bertz CT molecular complexity index is 320. The normalized spacial score (nSPS) is 11.3. The fraction of sp³-hybridized carbons (Fsp3) is 0.286. The Morgan fingerprint density at radius 3 is 2.40 bits per heavy atom. The topological polar surface area (TPSA) is 9.23 Å². The minimum Gasteiger partial charge on any atom is -0.497 e. The maximum atomic E-state index is 5.09. The van der Waals surface area contributed by atoms with Crippen molar-refractivity contribution in [1.29, 1.82) is 0 Å². The van der Waals surface area contributed by atoms with E-state index in [9.17, 15) is 0 Å². The van der Waals surface area contributed by atoms with Crippen molar-refractivity contribution in [3.8, 4) is 5.75 Å². The van der Waals surface area contributed by atoms with Gasteiger partial charge in [-0.1, -0.05) is 43.4 Å². The fourth-order valence-electron chi connectivity index (χ4n) is 1.26. The number of rotatable bonds is 5. The van der Waals surface area contributed by atoms with Gasteiger partial charge in [0, 0.05) is 0 Å². The highest BCUT2D eigenvalue weighted by atomic mass is 16.5. The highest BCUT2D eigenvalue weighted by Crippen LogP contribution is 2.12. The lowest BCUT2D eigenvalue weighted by molar-refractivity contribution is 0.415. The van der Waals surface area contributed by atoms with Crippen molar-refractivity contribution in [3.63, 3.8) is 0 Å². The maximum absolute atomic E-state index is 5.09. The second-order valence-electron chi connectivity index (χ2n) is 3.29. The van der Waals surface area contributed by atoms with E-state index in [1.54, 1.807) is 7.11 Å². The minimum absolute atomic E-state index is 0.901. The van der Waals surface area contributed by atoms with Crippen LogP contribution in [0, 0.1) is 0 Å². The summed E-state index contributed by atoms with van der Waals surface area (Å²) in [6, 6.07) is 8.06. The van der Waals surface area contributed by atoms with Gasteiger partial charge in [0.15, 0.2) is 0 Å². The van der Waals surface area contributed by atoms with Crippen LogP contribution in [-0.2, 0) is 0 Å². The van der Waals surface area contributed by atoms with Crippen LogP contribution in [0.5, 0.6) is 5.75 Å². The van der Waals surface area contributed by atoms with Crippen LogP contribution in [0.3, 0.4) is 0 Å². The van der Waals surface area contributed by atoms with E-state index in [4.69, 9.17) is 4.74 Å². The third-order valence-corrected chi connectivity index (χ3v) is 2.10. The van der Waals surface area contributed by atoms with E-state index >= 15 is 0 Å². The van der Waals surface area contributed by atoms with Crippen LogP contribution in [-0.4, -0.2) is 7.11 Å². The van der Waals surface area contributed by atoms with Crippen LogP contribution < -0.4 is 4.74 Å². The third-order valence-electron chi connectivity index (χ3n) is 2.10. The van der Waals surface area contributed by atoms with E-state index in [0.717, 1.165) is 18.6 Å². The lowest BCUT2D eigenvalue weighted by Crippen LogP contribution is -1.81. The second-order valence-corrected chi connectivity index (χ2v) is 3.29. The molecule has 1 heteroatoms. The molecule has 0 aliphatic carbocycles. The Hall–Kier alpha value is -1.50. The quantitative estimate of drug-likeness (QED) is 0.654. The number of allylic oxidation sites excluding steroid dienone is 3. The summed E-state index contributed by atoms with van der Waals surface area (Å²) in [5.74, 6) is 0.901. The molecule has 1 rings (SSSR count). The number of hydrogen-bond donors (Lipinski definition) is 0. The predicted molar refractivity (Wildman–Crippen MR) is 66.1 cm³/mol. The first-order chi connectivity index (χ1) is 7.36. The Morgan fingerprint density at radius 1 is 1.07 bits per heavy atom. The van der Waals surface area contributed by atoms with Gasteiger partial charge in [0.1, 0.15) is 5.75 Å². The Labute approximate surface area is 92.1 Å². The first-order valence-electron chi connectivity index (χ1n) is 5.32. The van der Waals surface area contributed by atoms with E-state index < -0.39 is 0 Å². The standard InChI is InChI=1S/C14H18O/c1-3-4-5-6-7-8-13-9-11-14(15-2)12-10-13/h4-5,7-12H,3,6H2,1-2H3/b5-4-,8-7+. The summed E-state index contributed by atoms with van der Waals surface area (Å²) >= 11 is 0. The molecule has 0 aliphatic rings. The van der Waals surface area contributed by atoms with Gasteiger partial charge in [-0.3, -0.25) is 0 Å². The van der Waals surface area contributed by atoms with Gasteiger partial charge in [0.25, 0.3) is 0 Å². The summed E-state index contributed by atoms with van der Waals surface area (Å²) in [5.41, 5.74) is 1.21. The van der Waals surface area contributed by atoms with Crippen molar-refractivity contribution in [2.45, 2.75) is 19.8 Å². The molecule has 0 radical (unpaired) electrons. The lowest BCUT2D eigenvalue weighted by Gasteiger charge is -1.98. The van der Waals surface area contributed by atoms with Crippen molar-refractivity contribution in [3.05, 3.63) is 48.1 Å². The molecule has 1 nitrogen and oxygen atoms in total. The van der Waals surface area contributed by atoms with Gasteiger partial charge in [-0.05, 0) is 30.5 Å². The van der Waals surface area contributed by atoms with Crippen LogP contribution in [0.15, 0.2) is 42.5 Å². The number of hydrogen-bond acceptors (Lipinski definition) is 1. The smallest absolute Gasteiger partial charge is 0.118 e. The van der Waals surface area contributed by atoms with E-state index in [-0.39, 0.29) is 0 Å². The van der Waals surface area contributed by atoms with Crippen LogP contribution in [0.2, 0.25) is 0 Å². The average molecular weight is 202 g/mol. The Kier molecular flexibility index (Phi) is 5.31. The zero-order valence-electron chi connectivity index (χ0n) is 9.44. The summed E-state index contributed by atoms with van der Waals surface area (Å²) in [4.78, 5) is 0. The van der Waals surface area contributed by atoms with Crippen molar-refractivity contribution in [2.24, 2.45) is 0 Å². The molecule has 0 atom stereocenters. The Balaban J connectivity index is 2.46. The molecular formula is C14H18O. The van der Waals surface area contributed by atoms with Crippen molar-refractivity contribution in [1.82, 2.24) is 0 Å². The number of ether oxygens (including phenoxy) is 1. The largest absolute Gasteiger partial charge is 0.497 e. The average Bonchev–Trinajstić information content (AvgIpc) is 2.30. The third kappa shape index (κ3) is 4.50. The second kappa shape index (κ2) is 6.88. The fourth-order valence-corrected chi connectivity index (χ4v) is 1.26. The van der Waals surface area contributed by atoms with Crippen molar-refractivity contribution >= 4 is 6.08 Å². The molecule has 0 aromatic heterocycles. The lowest BCUT2D eigenvalue weighted by atomic mass is 10.2. The summed E-state index contributed by atoms with van der Waals surface area (Å²) in [6.07, 6.45) is 10.8. The monoisotopic (exact) mass is 202 g/mol. The molecule has 0 amide bonds. The molecule has 0 saturated heterocycles. The first-order valence-corrected chi connectivity index (χ1v) is 5.32. The van der Waals surface area contributed by atoms with Crippen molar-refractivity contribution in [2.75, 3.05) is 7.11 Å². The molecular weight excluding hydrogens is 184 g/mol. The van der Waals surface area contributed by atoms with Gasteiger partial charge < -0.3 is 4.74 Å². The van der Waals surface area contributed by atoms with Crippen LogP contribution in [0.25, 0.3) is 6.08 Å². The number of benzene rings is 1. The highest BCUT2D eigenvalue weighted by molar-refractivity contribution is 5.50. The SMILES string of the molecule is CC/C=C\C/C=C/c1ccc(OC)cc1. The van der Waals surface area contributed by atoms with E-state index in [2.05, 4.69) is 43.4 Å². The molecule has 0 unspecified atom stereocenters. The molecule has 0 heterocycles. The molecule has 1 aromatic rings. The van der Waals surface area contributed by atoms with Crippen molar-refractivity contribution < 1.29 is 4.74 Å². The molecule has 0 spiro atoms. The van der Waals surface area contributed by atoms with Gasteiger partial charge in [0.2, 0.25) is 0 Å². The molecule has 0 saturated carbocycles. The van der Waals surface area contributed by atoms with Crippen LogP contribution in [0.1, 0.15) is 25.3 Å². The van der Waals surface area contributed by atoms with E-state index in [1.165, 1.54) is 5.56 Å². The zero-order chi connectivity index (χ0) is 10.9. The number of methoxy groups -OCH3 is 1. The molecule has 1 aromatic carbocycles. The van der Waals surface area contributed by atoms with Gasteiger partial charge in [-0.15, -0.1) is 0 Å².